The summed E-state index contributed by atoms with van der Waals surface area (Å²) in [6, 6.07) is 8.94. The molecule has 0 aliphatic heterocycles. The van der Waals surface area contributed by atoms with Gasteiger partial charge >= 0.3 is 0 Å². The van der Waals surface area contributed by atoms with E-state index in [4.69, 9.17) is 10.5 Å². The lowest BCUT2D eigenvalue weighted by molar-refractivity contribution is 0.339. The summed E-state index contributed by atoms with van der Waals surface area (Å²) in [6.45, 7) is 3.76. The first-order valence-electron chi connectivity index (χ1n) is 9.85. The Bertz CT molecular complexity index is 1400. The quantitative estimate of drug-likeness (QED) is 0.383. The van der Waals surface area contributed by atoms with Crippen LogP contribution >= 0.6 is 0 Å². The van der Waals surface area contributed by atoms with Crippen molar-refractivity contribution in [1.29, 1.82) is 0 Å². The predicted octanol–water partition coefficient (Wildman–Crippen LogP) is 3.68. The molecule has 2 aromatic carbocycles. The van der Waals surface area contributed by atoms with Crippen LogP contribution in [0.25, 0.3) is 22.0 Å². The second kappa shape index (κ2) is 8.42. The molecule has 0 saturated carbocycles. The predicted molar refractivity (Wildman–Crippen MR) is 120 cm³/mol. The van der Waals surface area contributed by atoms with Gasteiger partial charge in [0.1, 0.15) is 17.4 Å². The zero-order valence-electron chi connectivity index (χ0n) is 17.4. The number of rotatable bonds is 7. The fraction of sp³-hybridized carbons (Fsp3) is 0.190. The number of aromatic amines is 1. The second-order valence-electron chi connectivity index (χ2n) is 6.91. The van der Waals surface area contributed by atoms with Gasteiger partial charge in [-0.1, -0.05) is 6.92 Å². The van der Waals surface area contributed by atoms with Crippen LogP contribution in [0.5, 0.6) is 5.75 Å². The van der Waals surface area contributed by atoms with Crippen molar-refractivity contribution in [3.63, 3.8) is 0 Å². The van der Waals surface area contributed by atoms with Crippen LogP contribution in [0.15, 0.2) is 47.5 Å². The molecule has 0 aliphatic carbocycles. The molecule has 0 fully saturated rings. The average Bonchev–Trinajstić information content (AvgIpc) is 3.15. The molecule has 4 rings (SSSR count). The van der Waals surface area contributed by atoms with E-state index in [2.05, 4.69) is 25.5 Å². The van der Waals surface area contributed by atoms with Gasteiger partial charge in [0.2, 0.25) is 5.95 Å². The number of H-pyrrole nitrogens is 1. The SMILES string of the molecule is CCOc1cc(-c2cnc(Nc3n[nH]c4ccc(F)cc34)nc2N)cc(S(=O)(=O)CC)c1. The Kier molecular flexibility index (Phi) is 5.66. The number of nitrogens with zero attached hydrogens (tertiary/aromatic N) is 3. The molecular formula is C21H21FN6O3S. The summed E-state index contributed by atoms with van der Waals surface area (Å²) in [5.41, 5.74) is 7.77. The summed E-state index contributed by atoms with van der Waals surface area (Å²) >= 11 is 0. The highest BCUT2D eigenvalue weighted by Gasteiger charge is 2.17. The Hall–Kier alpha value is -3.73. The number of halogens is 1. The number of ether oxygens (including phenoxy) is 1. The smallest absolute Gasteiger partial charge is 0.230 e. The first kappa shape index (κ1) is 21.5. The van der Waals surface area contributed by atoms with Crippen molar-refractivity contribution in [3.8, 4) is 16.9 Å². The Morgan fingerprint density at radius 1 is 1.19 bits per heavy atom. The molecule has 166 valence electrons. The Labute approximate surface area is 183 Å². The topological polar surface area (TPSA) is 136 Å². The zero-order valence-corrected chi connectivity index (χ0v) is 18.2. The van der Waals surface area contributed by atoms with Crippen LogP contribution in [0.3, 0.4) is 0 Å². The summed E-state index contributed by atoms with van der Waals surface area (Å²) in [7, 11) is -3.47. The molecule has 2 aromatic heterocycles. The van der Waals surface area contributed by atoms with E-state index in [1.54, 1.807) is 19.1 Å². The molecule has 0 unspecified atom stereocenters. The normalized spacial score (nSPS) is 11.6. The second-order valence-corrected chi connectivity index (χ2v) is 9.19. The van der Waals surface area contributed by atoms with Gasteiger partial charge in [-0.25, -0.2) is 17.8 Å². The van der Waals surface area contributed by atoms with Crippen molar-refractivity contribution in [2.24, 2.45) is 0 Å². The fourth-order valence-electron chi connectivity index (χ4n) is 3.19. The number of hydrogen-bond acceptors (Lipinski definition) is 8. The Morgan fingerprint density at radius 3 is 2.72 bits per heavy atom. The number of hydrogen-bond donors (Lipinski definition) is 3. The molecule has 0 aliphatic rings. The van der Waals surface area contributed by atoms with Gasteiger partial charge in [0.15, 0.2) is 15.7 Å². The number of nitrogens with two attached hydrogens (primary N) is 1. The molecule has 4 N–H and O–H groups in total. The van der Waals surface area contributed by atoms with Crippen molar-refractivity contribution in [3.05, 3.63) is 48.4 Å². The van der Waals surface area contributed by atoms with E-state index in [0.717, 1.165) is 0 Å². The standard InChI is InChI=1S/C21H21FN6O3S/c1-3-31-14-7-12(8-15(10-14)32(29,30)4-2)17-11-24-21(25-19(17)23)26-20-16-9-13(22)5-6-18(16)27-28-20/h5-11H,3-4H2,1-2H3,(H4,23,24,25,26,27,28). The number of aromatic nitrogens is 4. The number of fused-ring (bicyclic) bond motifs is 1. The maximum absolute atomic E-state index is 13.6. The first-order valence-corrected chi connectivity index (χ1v) is 11.5. The van der Waals surface area contributed by atoms with Gasteiger partial charge in [-0.05, 0) is 48.9 Å². The highest BCUT2D eigenvalue weighted by Crippen LogP contribution is 2.32. The van der Waals surface area contributed by atoms with Gasteiger partial charge in [0.05, 0.1) is 22.8 Å². The molecule has 11 heteroatoms. The van der Waals surface area contributed by atoms with E-state index in [0.29, 0.717) is 40.2 Å². The highest BCUT2D eigenvalue weighted by atomic mass is 32.2. The molecule has 0 radical (unpaired) electrons. The van der Waals surface area contributed by atoms with Gasteiger partial charge in [0, 0.05) is 17.1 Å². The van der Waals surface area contributed by atoms with E-state index in [1.807, 2.05) is 6.92 Å². The van der Waals surface area contributed by atoms with Crippen LogP contribution in [0.4, 0.5) is 22.0 Å². The molecule has 32 heavy (non-hydrogen) atoms. The van der Waals surface area contributed by atoms with E-state index in [9.17, 15) is 12.8 Å². The number of nitrogen functional groups attached to an aromatic ring is 1. The third-order valence-electron chi connectivity index (χ3n) is 4.81. The molecule has 9 nitrogen and oxygen atoms in total. The summed E-state index contributed by atoms with van der Waals surface area (Å²) in [5.74, 6) is 0.595. The molecule has 2 heterocycles. The van der Waals surface area contributed by atoms with Crippen LogP contribution in [0.1, 0.15) is 13.8 Å². The highest BCUT2D eigenvalue weighted by molar-refractivity contribution is 7.91. The van der Waals surface area contributed by atoms with Crippen molar-refractivity contribution in [2.75, 3.05) is 23.4 Å². The number of benzene rings is 2. The zero-order chi connectivity index (χ0) is 22.9. The maximum Gasteiger partial charge on any atom is 0.230 e. The number of nitrogens with one attached hydrogen (secondary N) is 2. The molecule has 0 amide bonds. The van der Waals surface area contributed by atoms with Gasteiger partial charge in [-0.2, -0.15) is 10.1 Å². The lowest BCUT2D eigenvalue weighted by atomic mass is 10.1. The Balaban J connectivity index is 1.71. The first-order chi connectivity index (χ1) is 15.3. The molecule has 0 atom stereocenters. The van der Waals surface area contributed by atoms with Crippen molar-refractivity contribution >= 4 is 38.3 Å². The van der Waals surface area contributed by atoms with E-state index >= 15 is 0 Å². The van der Waals surface area contributed by atoms with Gasteiger partial charge < -0.3 is 15.8 Å². The lowest BCUT2D eigenvalue weighted by Crippen LogP contribution is -2.06. The van der Waals surface area contributed by atoms with Crippen molar-refractivity contribution in [1.82, 2.24) is 20.2 Å². The summed E-state index contributed by atoms with van der Waals surface area (Å²) in [5, 5.41) is 10.4. The van der Waals surface area contributed by atoms with Gasteiger partial charge in [-0.15, -0.1) is 0 Å². The van der Waals surface area contributed by atoms with E-state index in [-0.39, 0.29) is 22.4 Å². The fourth-order valence-corrected chi connectivity index (χ4v) is 4.12. The average molecular weight is 457 g/mol. The summed E-state index contributed by atoms with van der Waals surface area (Å²) in [6.07, 6.45) is 1.48. The summed E-state index contributed by atoms with van der Waals surface area (Å²) in [4.78, 5) is 8.66. The molecule has 0 spiro atoms. The maximum atomic E-state index is 13.6. The van der Waals surface area contributed by atoms with Gasteiger partial charge in [-0.3, -0.25) is 5.10 Å². The minimum Gasteiger partial charge on any atom is -0.494 e. The van der Waals surface area contributed by atoms with Crippen LogP contribution in [0, 0.1) is 5.82 Å². The third kappa shape index (κ3) is 4.19. The molecule has 0 bridgehead atoms. The Morgan fingerprint density at radius 2 is 2.00 bits per heavy atom. The minimum atomic E-state index is -3.47. The lowest BCUT2D eigenvalue weighted by Gasteiger charge is -2.12. The summed E-state index contributed by atoms with van der Waals surface area (Å²) < 4.78 is 44.0. The van der Waals surface area contributed by atoms with E-state index in [1.165, 1.54) is 30.5 Å². The monoisotopic (exact) mass is 456 g/mol. The number of anilines is 3. The van der Waals surface area contributed by atoms with Gasteiger partial charge in [0.25, 0.3) is 0 Å². The third-order valence-corrected chi connectivity index (χ3v) is 6.53. The van der Waals surface area contributed by atoms with E-state index < -0.39 is 15.7 Å². The molecular weight excluding hydrogens is 435 g/mol. The molecule has 0 saturated heterocycles. The van der Waals surface area contributed by atoms with Crippen LogP contribution in [-0.2, 0) is 9.84 Å². The molecule has 4 aromatic rings. The minimum absolute atomic E-state index is 0.0466. The van der Waals surface area contributed by atoms with Crippen LogP contribution in [-0.4, -0.2) is 40.9 Å². The van der Waals surface area contributed by atoms with Crippen molar-refractivity contribution in [2.45, 2.75) is 18.7 Å². The van der Waals surface area contributed by atoms with Crippen molar-refractivity contribution < 1.29 is 17.5 Å². The van der Waals surface area contributed by atoms with Crippen LogP contribution in [0.2, 0.25) is 0 Å². The largest absolute Gasteiger partial charge is 0.494 e. The van der Waals surface area contributed by atoms with Crippen LogP contribution < -0.4 is 15.8 Å². The number of sulfone groups is 1.